The van der Waals surface area contributed by atoms with Crippen LogP contribution in [0.3, 0.4) is 0 Å². The van der Waals surface area contributed by atoms with Gasteiger partial charge in [0.25, 0.3) is 0 Å². The number of halogens is 1. The highest BCUT2D eigenvalue weighted by Gasteiger charge is 2.02. The van der Waals surface area contributed by atoms with Crippen LogP contribution in [0.4, 0.5) is 5.69 Å². The molecule has 0 spiro atoms. The van der Waals surface area contributed by atoms with E-state index in [9.17, 15) is 5.11 Å². The molecule has 2 nitrogen and oxygen atoms in total. The van der Waals surface area contributed by atoms with E-state index in [0.29, 0.717) is 6.54 Å². The summed E-state index contributed by atoms with van der Waals surface area (Å²) in [4.78, 5) is 0. The molecule has 0 aromatic heterocycles. The number of nitrogens with one attached hydrogen (secondary N) is 1. The summed E-state index contributed by atoms with van der Waals surface area (Å²) in [5.74, 6) is 2.77. The van der Waals surface area contributed by atoms with Crippen molar-refractivity contribution in [3.8, 4) is 12.3 Å². The second-order valence-corrected chi connectivity index (χ2v) is 3.19. The van der Waals surface area contributed by atoms with Crippen LogP contribution in [0.5, 0.6) is 0 Å². The Balaban J connectivity index is 2.63. The zero-order valence-electron chi connectivity index (χ0n) is 7.70. The van der Waals surface area contributed by atoms with Gasteiger partial charge >= 0.3 is 0 Å². The molecule has 1 aromatic rings. The molecule has 0 radical (unpaired) electrons. The fraction of sp³-hybridized carbons (Fsp3) is 0.273. The Hall–Kier alpha value is -1.17. The van der Waals surface area contributed by atoms with E-state index in [1.165, 1.54) is 0 Å². The third kappa shape index (κ3) is 2.95. The molecule has 0 heterocycles. The van der Waals surface area contributed by atoms with Crippen LogP contribution in [-0.2, 0) is 0 Å². The number of hydrogen-bond acceptors (Lipinski definition) is 2. The highest BCUT2D eigenvalue weighted by Crippen LogP contribution is 2.13. The number of terminal acetylenes is 1. The van der Waals surface area contributed by atoms with Gasteiger partial charge in [0.15, 0.2) is 0 Å². The molecule has 0 aliphatic rings. The Labute approximate surface area is 88.9 Å². The average molecular weight is 210 g/mol. The summed E-state index contributed by atoms with van der Waals surface area (Å²) in [6, 6.07) is 7.47. The predicted molar refractivity (Wildman–Crippen MR) is 59.6 cm³/mol. The van der Waals surface area contributed by atoms with Gasteiger partial charge in [-0.2, -0.15) is 0 Å². The Kier molecular flexibility index (Phi) is 4.31. The van der Waals surface area contributed by atoms with Gasteiger partial charge < -0.3 is 10.4 Å². The SMILES string of the molecule is C#Cc1ccccc1NCC(O)CCl. The first-order valence-corrected chi connectivity index (χ1v) is 4.85. The van der Waals surface area contributed by atoms with E-state index < -0.39 is 6.10 Å². The molecule has 0 saturated heterocycles. The molecule has 1 rings (SSSR count). The Morgan fingerprint density at radius 1 is 1.50 bits per heavy atom. The first kappa shape index (κ1) is 10.9. The Bertz CT molecular complexity index is 332. The van der Waals surface area contributed by atoms with Gasteiger partial charge in [0, 0.05) is 17.8 Å². The van der Waals surface area contributed by atoms with Crippen LogP contribution >= 0.6 is 11.6 Å². The van der Waals surface area contributed by atoms with Crippen molar-refractivity contribution in [2.24, 2.45) is 0 Å². The van der Waals surface area contributed by atoms with Gasteiger partial charge in [0.2, 0.25) is 0 Å². The molecule has 1 aromatic carbocycles. The van der Waals surface area contributed by atoms with Crippen molar-refractivity contribution in [2.75, 3.05) is 17.7 Å². The van der Waals surface area contributed by atoms with Gasteiger partial charge in [0.1, 0.15) is 0 Å². The van der Waals surface area contributed by atoms with Crippen LogP contribution in [0.2, 0.25) is 0 Å². The number of anilines is 1. The number of benzene rings is 1. The summed E-state index contributed by atoms with van der Waals surface area (Å²) in [7, 11) is 0. The Morgan fingerprint density at radius 2 is 2.21 bits per heavy atom. The largest absolute Gasteiger partial charge is 0.390 e. The van der Waals surface area contributed by atoms with Crippen molar-refractivity contribution >= 4 is 17.3 Å². The number of para-hydroxylation sites is 1. The van der Waals surface area contributed by atoms with Crippen LogP contribution in [0.1, 0.15) is 5.56 Å². The maximum atomic E-state index is 9.24. The van der Waals surface area contributed by atoms with Crippen LogP contribution in [0, 0.1) is 12.3 Å². The summed E-state index contributed by atoms with van der Waals surface area (Å²) in [5.41, 5.74) is 1.63. The summed E-state index contributed by atoms with van der Waals surface area (Å²) in [6.07, 6.45) is 4.76. The molecule has 2 N–H and O–H groups in total. The second kappa shape index (κ2) is 5.54. The summed E-state index contributed by atoms with van der Waals surface area (Å²) in [5, 5.41) is 12.3. The van der Waals surface area contributed by atoms with E-state index in [2.05, 4.69) is 11.2 Å². The zero-order chi connectivity index (χ0) is 10.4. The van der Waals surface area contributed by atoms with Crippen LogP contribution in [0.25, 0.3) is 0 Å². The normalized spacial score (nSPS) is 11.8. The lowest BCUT2D eigenvalue weighted by Crippen LogP contribution is -2.21. The minimum absolute atomic E-state index is 0.214. The van der Waals surface area contributed by atoms with Gasteiger partial charge in [-0.1, -0.05) is 18.1 Å². The number of hydrogen-bond donors (Lipinski definition) is 2. The van der Waals surface area contributed by atoms with Crippen LogP contribution in [-0.4, -0.2) is 23.6 Å². The fourth-order valence-electron chi connectivity index (χ4n) is 1.05. The van der Waals surface area contributed by atoms with Gasteiger partial charge in [-0.25, -0.2) is 0 Å². The molecule has 0 bridgehead atoms. The van der Waals surface area contributed by atoms with Crippen molar-refractivity contribution in [1.82, 2.24) is 0 Å². The lowest BCUT2D eigenvalue weighted by Gasteiger charge is -2.11. The molecule has 0 fully saturated rings. The standard InChI is InChI=1S/C11H12ClNO/c1-2-9-5-3-4-6-11(9)13-8-10(14)7-12/h1,3-6,10,13-14H,7-8H2. The van der Waals surface area contributed by atoms with Gasteiger partial charge in [-0.15, -0.1) is 18.0 Å². The summed E-state index contributed by atoms with van der Waals surface area (Å²) < 4.78 is 0. The fourth-order valence-corrected chi connectivity index (χ4v) is 1.15. The van der Waals surface area contributed by atoms with Gasteiger partial charge in [-0.05, 0) is 12.1 Å². The molecule has 0 aliphatic carbocycles. The number of aliphatic hydroxyl groups excluding tert-OH is 1. The van der Waals surface area contributed by atoms with E-state index >= 15 is 0 Å². The number of alkyl halides is 1. The lowest BCUT2D eigenvalue weighted by atomic mass is 10.2. The molecule has 74 valence electrons. The van der Waals surface area contributed by atoms with Gasteiger partial charge in [0.05, 0.1) is 12.0 Å². The molecule has 14 heavy (non-hydrogen) atoms. The molecular formula is C11H12ClNO. The molecule has 0 aliphatic heterocycles. The molecular weight excluding hydrogens is 198 g/mol. The topological polar surface area (TPSA) is 32.3 Å². The third-order valence-corrected chi connectivity index (χ3v) is 2.15. The maximum absolute atomic E-state index is 9.24. The van der Waals surface area contributed by atoms with Crippen molar-refractivity contribution in [1.29, 1.82) is 0 Å². The Morgan fingerprint density at radius 3 is 2.86 bits per heavy atom. The lowest BCUT2D eigenvalue weighted by molar-refractivity contribution is 0.211. The molecule has 1 unspecified atom stereocenters. The molecule has 0 saturated carbocycles. The van der Waals surface area contributed by atoms with Crippen molar-refractivity contribution in [2.45, 2.75) is 6.10 Å². The van der Waals surface area contributed by atoms with E-state index in [-0.39, 0.29) is 5.88 Å². The molecule has 3 heteroatoms. The van der Waals surface area contributed by atoms with Crippen molar-refractivity contribution in [3.63, 3.8) is 0 Å². The first-order valence-electron chi connectivity index (χ1n) is 4.31. The van der Waals surface area contributed by atoms with Crippen LogP contribution < -0.4 is 5.32 Å². The van der Waals surface area contributed by atoms with Crippen LogP contribution in [0.15, 0.2) is 24.3 Å². The molecule has 1 atom stereocenters. The number of aliphatic hydroxyl groups is 1. The predicted octanol–water partition coefficient (Wildman–Crippen LogP) is 1.68. The third-order valence-electron chi connectivity index (χ3n) is 1.79. The average Bonchev–Trinajstić information content (AvgIpc) is 2.26. The minimum Gasteiger partial charge on any atom is -0.390 e. The summed E-state index contributed by atoms with van der Waals surface area (Å²) >= 11 is 5.46. The highest BCUT2D eigenvalue weighted by molar-refractivity contribution is 6.18. The van der Waals surface area contributed by atoms with Crippen molar-refractivity contribution < 1.29 is 5.11 Å². The summed E-state index contributed by atoms with van der Waals surface area (Å²) in [6.45, 7) is 0.405. The van der Waals surface area contributed by atoms with E-state index in [1.54, 1.807) is 0 Å². The smallest absolute Gasteiger partial charge is 0.0847 e. The monoisotopic (exact) mass is 209 g/mol. The van der Waals surface area contributed by atoms with Gasteiger partial charge in [-0.3, -0.25) is 0 Å². The number of rotatable bonds is 4. The maximum Gasteiger partial charge on any atom is 0.0847 e. The zero-order valence-corrected chi connectivity index (χ0v) is 8.46. The highest BCUT2D eigenvalue weighted by atomic mass is 35.5. The second-order valence-electron chi connectivity index (χ2n) is 2.88. The quantitative estimate of drug-likeness (QED) is 0.584. The molecule has 0 amide bonds. The minimum atomic E-state index is -0.553. The van der Waals surface area contributed by atoms with E-state index in [0.717, 1.165) is 11.3 Å². The van der Waals surface area contributed by atoms with E-state index in [1.807, 2.05) is 24.3 Å². The first-order chi connectivity index (χ1) is 6.77. The van der Waals surface area contributed by atoms with Crippen molar-refractivity contribution in [3.05, 3.63) is 29.8 Å². The van der Waals surface area contributed by atoms with E-state index in [4.69, 9.17) is 18.0 Å².